The number of phenolic OH excluding ortho intramolecular Hbond substituents is 1. The van der Waals surface area contributed by atoms with Gasteiger partial charge in [0.1, 0.15) is 29.4 Å². The molecule has 2 aromatic rings. The van der Waals surface area contributed by atoms with E-state index >= 15 is 0 Å². The Hall–Kier alpha value is -3.75. The van der Waals surface area contributed by atoms with Gasteiger partial charge in [-0.05, 0) is 42.2 Å². The minimum absolute atomic E-state index is 0.0260. The molecule has 4 atom stereocenters. The van der Waals surface area contributed by atoms with Gasteiger partial charge in [-0.1, -0.05) is 58.0 Å². The molecular weight excluding hydrogens is 582 g/mol. The van der Waals surface area contributed by atoms with E-state index in [1.54, 1.807) is 12.1 Å². The third-order valence-corrected chi connectivity index (χ3v) is 9.59. The number of carbonyl (C=O) groups is 5. The van der Waals surface area contributed by atoms with E-state index in [0.717, 1.165) is 32.7 Å². The molecule has 0 saturated carbocycles. The SMILES string of the molecule is C[C@@H]1NC(=O)[C@@H](NC(=O)[C@@H](N)Cc2ccc(O)cc2)CSSC[C@@H](C(=O)O)NC(=O)C2(Cc3ccccc3C2)NC1=O. The van der Waals surface area contributed by atoms with Crippen LogP contribution >= 0.6 is 21.6 Å². The Kier molecular flexibility index (Phi) is 10.0. The van der Waals surface area contributed by atoms with Gasteiger partial charge in [0.05, 0.1) is 6.04 Å². The number of carboxylic acids is 1. The zero-order chi connectivity index (χ0) is 30.4. The molecule has 12 nitrogen and oxygen atoms in total. The van der Waals surface area contributed by atoms with Crippen molar-refractivity contribution in [1.29, 1.82) is 0 Å². The van der Waals surface area contributed by atoms with Gasteiger partial charge in [0.15, 0.2) is 0 Å². The highest BCUT2D eigenvalue weighted by atomic mass is 33.1. The first kappa shape index (κ1) is 31.2. The second-order valence-corrected chi connectivity index (χ2v) is 12.9. The lowest BCUT2D eigenvalue weighted by Gasteiger charge is -2.32. The summed E-state index contributed by atoms with van der Waals surface area (Å²) < 4.78 is 0. The fraction of sp³-hybridized carbons (Fsp3) is 0.393. The number of carbonyl (C=O) groups excluding carboxylic acids is 4. The van der Waals surface area contributed by atoms with Gasteiger partial charge in [-0.2, -0.15) is 0 Å². The molecule has 1 heterocycles. The fourth-order valence-electron chi connectivity index (χ4n) is 4.79. The van der Waals surface area contributed by atoms with Gasteiger partial charge in [-0.25, -0.2) is 4.79 Å². The molecule has 8 N–H and O–H groups in total. The smallest absolute Gasteiger partial charge is 0.327 e. The average molecular weight is 616 g/mol. The molecule has 2 aliphatic rings. The van der Waals surface area contributed by atoms with Gasteiger partial charge >= 0.3 is 5.97 Å². The summed E-state index contributed by atoms with van der Waals surface area (Å²) in [5.41, 5.74) is 7.07. The first-order chi connectivity index (χ1) is 20.0. The summed E-state index contributed by atoms with van der Waals surface area (Å²) in [6.07, 6.45) is 0.478. The van der Waals surface area contributed by atoms with Gasteiger partial charge in [0.2, 0.25) is 23.6 Å². The molecule has 1 saturated heterocycles. The molecule has 224 valence electrons. The molecule has 1 aliphatic heterocycles. The zero-order valence-electron chi connectivity index (χ0n) is 22.8. The van der Waals surface area contributed by atoms with Crippen LogP contribution < -0.4 is 27.0 Å². The highest BCUT2D eigenvalue weighted by Gasteiger charge is 2.47. The van der Waals surface area contributed by atoms with E-state index in [1.165, 1.54) is 19.1 Å². The molecule has 4 rings (SSSR count). The number of phenols is 1. The maximum atomic E-state index is 13.5. The Morgan fingerprint density at radius 3 is 2.24 bits per heavy atom. The van der Waals surface area contributed by atoms with Crippen molar-refractivity contribution in [2.75, 3.05) is 11.5 Å². The number of rotatable bonds is 5. The van der Waals surface area contributed by atoms with Crippen molar-refractivity contribution in [3.05, 3.63) is 65.2 Å². The lowest BCUT2D eigenvalue weighted by molar-refractivity contribution is -0.143. The van der Waals surface area contributed by atoms with E-state index in [9.17, 15) is 34.2 Å². The minimum atomic E-state index is -1.44. The molecule has 0 radical (unpaired) electrons. The fourth-order valence-corrected chi connectivity index (χ4v) is 7.11. The van der Waals surface area contributed by atoms with Crippen LogP contribution in [0.15, 0.2) is 48.5 Å². The molecule has 42 heavy (non-hydrogen) atoms. The van der Waals surface area contributed by atoms with Crippen molar-refractivity contribution in [3.63, 3.8) is 0 Å². The van der Waals surface area contributed by atoms with Crippen LogP contribution in [0.4, 0.5) is 0 Å². The monoisotopic (exact) mass is 615 g/mol. The van der Waals surface area contributed by atoms with Crippen LogP contribution in [-0.2, 0) is 43.2 Å². The normalized spacial score (nSPS) is 23.5. The number of fused-ring (bicyclic) bond motifs is 1. The Bertz CT molecular complexity index is 1330. The molecule has 0 aromatic heterocycles. The van der Waals surface area contributed by atoms with Crippen LogP contribution in [0.5, 0.6) is 5.75 Å². The van der Waals surface area contributed by atoms with Crippen LogP contribution in [0.25, 0.3) is 0 Å². The number of carboxylic acid groups (broad SMARTS) is 1. The standard InChI is InChI=1S/C28H33N5O7S2/c1-15-23(35)33-28(11-17-4-2-3-5-18(17)12-28)27(40)32-22(26(38)39)14-42-41-13-21(25(37)30-15)31-24(36)20(29)10-16-6-8-19(34)9-7-16/h2-9,15,20-22,34H,10-14,29H2,1H3,(H,30,37)(H,31,36)(H,32,40)(H,33,35)(H,38,39)/t15-,20-,21-,22-/m0/s1. The Balaban J connectivity index is 1.51. The average Bonchev–Trinajstić information content (AvgIpc) is 3.33. The van der Waals surface area contributed by atoms with Gasteiger partial charge in [-0.3, -0.25) is 19.2 Å². The molecular formula is C28H33N5O7S2. The highest BCUT2D eigenvalue weighted by molar-refractivity contribution is 8.76. The number of nitrogens with one attached hydrogen (secondary N) is 4. The quantitative estimate of drug-likeness (QED) is 0.222. The largest absolute Gasteiger partial charge is 0.508 e. The highest BCUT2D eigenvalue weighted by Crippen LogP contribution is 2.31. The summed E-state index contributed by atoms with van der Waals surface area (Å²) in [4.78, 5) is 65.0. The number of benzene rings is 2. The molecule has 1 aliphatic carbocycles. The summed E-state index contributed by atoms with van der Waals surface area (Å²) in [5.74, 6) is -3.61. The first-order valence-corrected chi connectivity index (χ1v) is 15.8. The number of hydrogen-bond acceptors (Lipinski definition) is 9. The summed E-state index contributed by atoms with van der Waals surface area (Å²) in [5, 5.41) is 29.9. The Morgan fingerprint density at radius 2 is 1.62 bits per heavy atom. The molecule has 1 fully saturated rings. The third kappa shape index (κ3) is 7.55. The number of hydrogen-bond donors (Lipinski definition) is 7. The van der Waals surface area contributed by atoms with Crippen LogP contribution in [0.1, 0.15) is 23.6 Å². The Labute approximate surface area is 250 Å². The van der Waals surface area contributed by atoms with Crippen molar-refractivity contribution in [2.45, 2.75) is 55.9 Å². The maximum Gasteiger partial charge on any atom is 0.327 e. The van der Waals surface area contributed by atoms with Gasteiger partial charge in [0.25, 0.3) is 0 Å². The van der Waals surface area contributed by atoms with Crippen molar-refractivity contribution in [3.8, 4) is 5.75 Å². The first-order valence-electron chi connectivity index (χ1n) is 13.3. The van der Waals surface area contributed by atoms with Crippen molar-refractivity contribution < 1.29 is 34.2 Å². The van der Waals surface area contributed by atoms with Crippen molar-refractivity contribution in [2.24, 2.45) is 5.73 Å². The number of amides is 4. The van der Waals surface area contributed by atoms with Crippen LogP contribution in [0.2, 0.25) is 0 Å². The van der Waals surface area contributed by atoms with Crippen LogP contribution in [-0.4, -0.2) is 81.0 Å². The van der Waals surface area contributed by atoms with Gasteiger partial charge in [0, 0.05) is 24.3 Å². The van der Waals surface area contributed by atoms with E-state index in [4.69, 9.17) is 5.73 Å². The molecule has 2 aromatic carbocycles. The summed E-state index contributed by atoms with van der Waals surface area (Å²) in [6.45, 7) is 1.46. The van der Waals surface area contributed by atoms with Gasteiger partial charge < -0.3 is 37.2 Å². The van der Waals surface area contributed by atoms with E-state index in [0.29, 0.717) is 5.56 Å². The van der Waals surface area contributed by atoms with Crippen LogP contribution in [0, 0.1) is 0 Å². The topological polar surface area (TPSA) is 200 Å². The molecule has 4 amide bonds. The number of aromatic hydroxyl groups is 1. The molecule has 14 heteroatoms. The predicted molar refractivity (Wildman–Crippen MR) is 159 cm³/mol. The van der Waals surface area contributed by atoms with Gasteiger partial charge in [-0.15, -0.1) is 0 Å². The lowest BCUT2D eigenvalue weighted by atomic mass is 9.93. The second-order valence-electron chi connectivity index (χ2n) is 10.4. The van der Waals surface area contributed by atoms with Crippen molar-refractivity contribution in [1.82, 2.24) is 21.3 Å². The second kappa shape index (κ2) is 13.5. The minimum Gasteiger partial charge on any atom is -0.508 e. The maximum absolute atomic E-state index is 13.5. The van der Waals surface area contributed by atoms with Crippen LogP contribution in [0.3, 0.4) is 0 Å². The predicted octanol–water partition coefficient (Wildman–Crippen LogP) is -0.130. The van der Waals surface area contributed by atoms with E-state index in [-0.39, 0.29) is 36.5 Å². The van der Waals surface area contributed by atoms with Crippen molar-refractivity contribution >= 4 is 51.2 Å². The number of aliphatic carboxylic acids is 1. The lowest BCUT2D eigenvalue weighted by Crippen LogP contribution is -2.65. The van der Waals surface area contributed by atoms with E-state index in [1.807, 2.05) is 24.3 Å². The summed E-state index contributed by atoms with van der Waals surface area (Å²) in [7, 11) is 2.28. The third-order valence-electron chi connectivity index (χ3n) is 7.17. The Morgan fingerprint density at radius 1 is 1.00 bits per heavy atom. The number of nitrogens with two attached hydrogens (primary N) is 1. The van der Waals surface area contributed by atoms with E-state index < -0.39 is 59.3 Å². The molecule has 0 bridgehead atoms. The van der Waals surface area contributed by atoms with E-state index in [2.05, 4.69) is 21.3 Å². The zero-order valence-corrected chi connectivity index (χ0v) is 24.4. The summed E-state index contributed by atoms with van der Waals surface area (Å²) in [6, 6.07) is 9.16. The molecule has 1 spiro atoms. The molecule has 0 unspecified atom stereocenters. The summed E-state index contributed by atoms with van der Waals surface area (Å²) >= 11 is 0.